The highest BCUT2D eigenvalue weighted by Crippen LogP contribution is 2.26. The van der Waals surface area contributed by atoms with Crippen LogP contribution in [0.15, 0.2) is 6.33 Å². The second-order valence-electron chi connectivity index (χ2n) is 6.88. The van der Waals surface area contributed by atoms with E-state index in [2.05, 4.69) is 17.1 Å². The van der Waals surface area contributed by atoms with Gasteiger partial charge in [-0.1, -0.05) is 19.8 Å². The van der Waals surface area contributed by atoms with Crippen LogP contribution in [0.2, 0.25) is 0 Å². The van der Waals surface area contributed by atoms with Gasteiger partial charge in [0.15, 0.2) is 5.82 Å². The van der Waals surface area contributed by atoms with Crippen LogP contribution in [0.5, 0.6) is 0 Å². The monoisotopic (exact) mass is 336 g/mol. The van der Waals surface area contributed by atoms with E-state index in [1.165, 1.54) is 12.8 Å². The highest BCUT2D eigenvalue weighted by atomic mass is 16.5. The van der Waals surface area contributed by atoms with Gasteiger partial charge in [-0.3, -0.25) is 4.79 Å². The van der Waals surface area contributed by atoms with Gasteiger partial charge >= 0.3 is 0 Å². The van der Waals surface area contributed by atoms with Crippen LogP contribution >= 0.6 is 0 Å². The number of carbonyl (C=O) groups excluding carboxylic acids is 1. The second kappa shape index (κ2) is 8.07. The van der Waals surface area contributed by atoms with E-state index < -0.39 is 0 Å². The van der Waals surface area contributed by atoms with E-state index >= 15 is 0 Å². The number of aromatic nitrogens is 3. The molecule has 2 heterocycles. The number of morpholine rings is 1. The van der Waals surface area contributed by atoms with Gasteiger partial charge in [0, 0.05) is 13.1 Å². The Labute approximate surface area is 143 Å². The molecule has 0 N–H and O–H groups in total. The van der Waals surface area contributed by atoms with Gasteiger partial charge in [-0.2, -0.15) is 0 Å². The lowest BCUT2D eigenvalue weighted by molar-refractivity contribution is -0.147. The van der Waals surface area contributed by atoms with Crippen LogP contribution in [0.3, 0.4) is 0 Å². The molecule has 24 heavy (non-hydrogen) atoms. The van der Waals surface area contributed by atoms with Crippen LogP contribution in [0.4, 0.5) is 0 Å². The molecule has 1 aliphatic carbocycles. The van der Waals surface area contributed by atoms with E-state index in [0.717, 1.165) is 25.2 Å². The van der Waals surface area contributed by atoms with E-state index in [1.54, 1.807) is 6.33 Å². The Morgan fingerprint density at radius 3 is 3.12 bits per heavy atom. The first-order valence-corrected chi connectivity index (χ1v) is 9.06. The smallest absolute Gasteiger partial charge is 0.248 e. The van der Waals surface area contributed by atoms with Crippen molar-refractivity contribution in [3.8, 4) is 0 Å². The maximum absolute atomic E-state index is 12.5. The molecule has 1 amide bonds. The van der Waals surface area contributed by atoms with Gasteiger partial charge in [-0.15, -0.1) is 10.2 Å². The molecule has 3 atom stereocenters. The molecular weight excluding hydrogens is 308 g/mol. The average Bonchev–Trinajstić information content (AvgIpc) is 3.08. The summed E-state index contributed by atoms with van der Waals surface area (Å²) >= 11 is 0. The van der Waals surface area contributed by atoms with Gasteiger partial charge in [-0.25, -0.2) is 0 Å². The summed E-state index contributed by atoms with van der Waals surface area (Å²) in [6, 6.07) is 0. The van der Waals surface area contributed by atoms with Crippen molar-refractivity contribution in [2.45, 2.75) is 58.3 Å². The zero-order valence-corrected chi connectivity index (χ0v) is 14.7. The summed E-state index contributed by atoms with van der Waals surface area (Å²) in [7, 11) is 0. The lowest BCUT2D eigenvalue weighted by Gasteiger charge is -2.33. The van der Waals surface area contributed by atoms with E-state index in [1.807, 2.05) is 16.4 Å². The Morgan fingerprint density at radius 2 is 2.33 bits per heavy atom. The van der Waals surface area contributed by atoms with Crippen molar-refractivity contribution in [2.24, 2.45) is 5.92 Å². The summed E-state index contributed by atoms with van der Waals surface area (Å²) in [5.74, 6) is 1.54. The first-order valence-electron chi connectivity index (χ1n) is 9.06. The van der Waals surface area contributed by atoms with Crippen molar-refractivity contribution in [3.63, 3.8) is 0 Å². The summed E-state index contributed by atoms with van der Waals surface area (Å²) in [6.45, 7) is 6.91. The minimum atomic E-state index is -0.208. The third kappa shape index (κ3) is 4.13. The van der Waals surface area contributed by atoms with Crippen molar-refractivity contribution in [1.82, 2.24) is 19.7 Å². The van der Waals surface area contributed by atoms with Crippen LogP contribution < -0.4 is 0 Å². The molecule has 1 saturated heterocycles. The molecule has 2 aliphatic rings. The van der Waals surface area contributed by atoms with Crippen molar-refractivity contribution >= 4 is 5.91 Å². The maximum Gasteiger partial charge on any atom is 0.248 e. The molecule has 1 saturated carbocycles. The van der Waals surface area contributed by atoms with Crippen molar-refractivity contribution in [1.29, 1.82) is 0 Å². The molecule has 2 fully saturated rings. The number of hydrogen-bond acceptors (Lipinski definition) is 5. The Balaban J connectivity index is 1.51. The van der Waals surface area contributed by atoms with Crippen molar-refractivity contribution < 1.29 is 14.3 Å². The standard InChI is InChI=1S/C17H28N4O3/c1-3-20-12-18-19-17(20)15-10-21(7-8-23-15)16(22)11-24-14-6-4-5-13(2)9-14/h12-15H,3-11H2,1-2H3/t13-,14-,15-/m0/s1. The maximum atomic E-state index is 12.5. The largest absolute Gasteiger partial charge is 0.368 e. The fourth-order valence-corrected chi connectivity index (χ4v) is 3.60. The Kier molecular flexibility index (Phi) is 5.84. The van der Waals surface area contributed by atoms with Crippen molar-refractivity contribution in [3.05, 3.63) is 12.2 Å². The number of nitrogens with zero attached hydrogens (tertiary/aromatic N) is 4. The minimum Gasteiger partial charge on any atom is -0.368 e. The lowest BCUT2D eigenvalue weighted by Crippen LogP contribution is -2.45. The van der Waals surface area contributed by atoms with Gasteiger partial charge < -0.3 is 18.9 Å². The summed E-state index contributed by atoms with van der Waals surface area (Å²) in [4.78, 5) is 14.3. The average molecular weight is 336 g/mol. The number of rotatable bonds is 5. The molecular formula is C17H28N4O3. The lowest BCUT2D eigenvalue weighted by atomic mass is 9.89. The first kappa shape index (κ1) is 17.4. The number of amides is 1. The molecule has 7 nitrogen and oxygen atoms in total. The highest BCUT2D eigenvalue weighted by molar-refractivity contribution is 5.77. The quantitative estimate of drug-likeness (QED) is 0.820. The number of carbonyl (C=O) groups is 1. The number of ether oxygens (including phenoxy) is 2. The molecule has 1 aromatic heterocycles. The molecule has 134 valence electrons. The molecule has 0 spiro atoms. The summed E-state index contributed by atoms with van der Waals surface area (Å²) in [5, 5.41) is 8.10. The summed E-state index contributed by atoms with van der Waals surface area (Å²) in [6.07, 6.45) is 6.34. The van der Waals surface area contributed by atoms with E-state index in [-0.39, 0.29) is 24.7 Å². The molecule has 1 aliphatic heterocycles. The van der Waals surface area contributed by atoms with E-state index in [0.29, 0.717) is 25.6 Å². The Bertz CT molecular complexity index is 548. The van der Waals surface area contributed by atoms with Gasteiger partial charge in [0.05, 0.1) is 19.3 Å². The Morgan fingerprint density at radius 1 is 1.46 bits per heavy atom. The molecule has 0 bridgehead atoms. The van der Waals surface area contributed by atoms with Crippen LogP contribution in [0.1, 0.15) is 51.5 Å². The van der Waals surface area contributed by atoms with E-state index in [9.17, 15) is 4.79 Å². The van der Waals surface area contributed by atoms with Crippen LogP contribution in [-0.4, -0.2) is 58.0 Å². The Hall–Kier alpha value is -1.47. The third-order valence-electron chi connectivity index (χ3n) is 5.02. The van der Waals surface area contributed by atoms with Gasteiger partial charge in [0.2, 0.25) is 5.91 Å². The second-order valence-corrected chi connectivity index (χ2v) is 6.88. The predicted octanol–water partition coefficient (Wildman–Crippen LogP) is 1.79. The minimum absolute atomic E-state index is 0.0455. The van der Waals surface area contributed by atoms with Gasteiger partial charge in [0.25, 0.3) is 0 Å². The fourth-order valence-electron chi connectivity index (χ4n) is 3.60. The topological polar surface area (TPSA) is 69.5 Å². The number of hydrogen-bond donors (Lipinski definition) is 0. The molecule has 1 aromatic rings. The van der Waals surface area contributed by atoms with Crippen molar-refractivity contribution in [2.75, 3.05) is 26.3 Å². The fraction of sp³-hybridized carbons (Fsp3) is 0.824. The molecule has 3 rings (SSSR count). The summed E-state index contributed by atoms with van der Waals surface area (Å²) < 4.78 is 13.6. The normalized spacial score (nSPS) is 28.1. The zero-order valence-electron chi connectivity index (χ0n) is 14.7. The number of aryl methyl sites for hydroxylation is 1. The summed E-state index contributed by atoms with van der Waals surface area (Å²) in [5.41, 5.74) is 0. The van der Waals surface area contributed by atoms with Crippen LogP contribution in [-0.2, 0) is 20.8 Å². The first-order chi connectivity index (χ1) is 11.7. The highest BCUT2D eigenvalue weighted by Gasteiger charge is 2.29. The predicted molar refractivity (Wildman–Crippen MR) is 88.3 cm³/mol. The van der Waals surface area contributed by atoms with E-state index in [4.69, 9.17) is 9.47 Å². The molecule has 7 heteroatoms. The zero-order chi connectivity index (χ0) is 16.9. The molecule has 0 aromatic carbocycles. The van der Waals surface area contributed by atoms with Gasteiger partial charge in [-0.05, 0) is 25.7 Å². The van der Waals surface area contributed by atoms with Crippen LogP contribution in [0.25, 0.3) is 0 Å². The SMILES string of the molecule is CCn1cnnc1[C@@H]1CN(C(=O)CO[C@H]2CCC[C@H](C)C2)CCO1. The van der Waals surface area contributed by atoms with Gasteiger partial charge in [0.1, 0.15) is 19.0 Å². The van der Waals surface area contributed by atoms with Crippen LogP contribution in [0, 0.1) is 5.92 Å². The molecule has 0 radical (unpaired) electrons. The third-order valence-corrected chi connectivity index (χ3v) is 5.02. The molecule has 0 unspecified atom stereocenters.